The Labute approximate surface area is 184 Å². The normalized spacial score (nSPS) is 14.5. The number of aliphatic carboxylic acids is 2. The Hall–Kier alpha value is -3.26. The first-order valence-electron chi connectivity index (χ1n) is 9.78. The minimum Gasteiger partial charge on any atom is -0.481 e. The molecule has 0 aromatic heterocycles. The van der Waals surface area contributed by atoms with Gasteiger partial charge in [-0.15, -0.1) is 0 Å². The number of carboxylic acids is 2. The van der Waals surface area contributed by atoms with Crippen molar-refractivity contribution in [2.75, 3.05) is 6.61 Å². The van der Waals surface area contributed by atoms with E-state index in [0.29, 0.717) is 0 Å². The summed E-state index contributed by atoms with van der Waals surface area (Å²) in [5.41, 5.74) is 10.4. The van der Waals surface area contributed by atoms with Crippen molar-refractivity contribution in [1.82, 2.24) is 16.0 Å². The minimum absolute atomic E-state index is 0.0795. The molecule has 0 saturated carbocycles. The molecule has 4 unspecified atom stereocenters. The number of hydrogen-bond donors (Lipinski definition) is 8. The fraction of sp³-hybridized carbons (Fsp3) is 0.667. The van der Waals surface area contributed by atoms with Gasteiger partial charge in [0.1, 0.15) is 18.1 Å². The Bertz CT molecular complexity index is 713. The molecule has 0 bridgehead atoms. The maximum atomic E-state index is 12.6. The lowest BCUT2D eigenvalue weighted by Crippen LogP contribution is -2.58. The molecule has 0 fully saturated rings. The standard InChI is InChI=1S/C18H31N5O9/c1-8(2)5-11(16(29)21-10(18(31)32)3-4-14(26)27)22-17(30)12(7-24)23-15(28)9(19)6-13(20)25/h8-12,24H,3-7,19H2,1-2H3,(H2,20,25)(H,21,29)(H,22,30)(H,23,28)(H,26,27)(H,31,32). The zero-order valence-corrected chi connectivity index (χ0v) is 17.9. The Balaban J connectivity index is 5.28. The van der Waals surface area contributed by atoms with E-state index >= 15 is 0 Å². The third-order valence-corrected chi connectivity index (χ3v) is 4.17. The van der Waals surface area contributed by atoms with E-state index in [0.717, 1.165) is 0 Å². The molecule has 182 valence electrons. The number of primary amides is 1. The van der Waals surface area contributed by atoms with Crippen LogP contribution in [0.5, 0.6) is 0 Å². The molecule has 0 saturated heterocycles. The van der Waals surface area contributed by atoms with Crippen LogP contribution in [0.4, 0.5) is 0 Å². The van der Waals surface area contributed by atoms with E-state index in [1.165, 1.54) is 0 Å². The summed E-state index contributed by atoms with van der Waals surface area (Å²) in [5, 5.41) is 34.0. The van der Waals surface area contributed by atoms with Crippen LogP contribution in [0, 0.1) is 5.92 Å². The van der Waals surface area contributed by atoms with Gasteiger partial charge in [0.15, 0.2) is 0 Å². The molecule has 4 atom stereocenters. The third-order valence-electron chi connectivity index (χ3n) is 4.17. The van der Waals surface area contributed by atoms with Crippen LogP contribution in [-0.4, -0.2) is 81.7 Å². The molecular formula is C18H31N5O9. The number of nitrogens with two attached hydrogens (primary N) is 2. The largest absolute Gasteiger partial charge is 0.481 e. The highest BCUT2D eigenvalue weighted by Gasteiger charge is 2.30. The van der Waals surface area contributed by atoms with Gasteiger partial charge in [-0.05, 0) is 18.8 Å². The number of aliphatic hydroxyl groups is 1. The Morgan fingerprint density at radius 1 is 0.844 bits per heavy atom. The zero-order chi connectivity index (χ0) is 25.0. The van der Waals surface area contributed by atoms with Crippen LogP contribution >= 0.6 is 0 Å². The third kappa shape index (κ3) is 11.2. The van der Waals surface area contributed by atoms with Gasteiger partial charge in [0.25, 0.3) is 0 Å². The first-order chi connectivity index (χ1) is 14.8. The topological polar surface area (TPSA) is 251 Å². The van der Waals surface area contributed by atoms with Crippen LogP contribution in [0.3, 0.4) is 0 Å². The molecular weight excluding hydrogens is 430 g/mol. The number of carbonyl (C=O) groups excluding carboxylic acids is 4. The molecule has 0 aliphatic heterocycles. The fourth-order valence-electron chi connectivity index (χ4n) is 2.56. The maximum Gasteiger partial charge on any atom is 0.326 e. The lowest BCUT2D eigenvalue weighted by Gasteiger charge is -2.25. The second-order valence-electron chi connectivity index (χ2n) is 7.54. The summed E-state index contributed by atoms with van der Waals surface area (Å²) >= 11 is 0. The number of hydrogen-bond acceptors (Lipinski definition) is 8. The van der Waals surface area contributed by atoms with E-state index in [-0.39, 0.29) is 18.8 Å². The number of carboxylic acid groups (broad SMARTS) is 2. The van der Waals surface area contributed by atoms with Gasteiger partial charge in [0.2, 0.25) is 23.6 Å². The van der Waals surface area contributed by atoms with Gasteiger partial charge >= 0.3 is 11.9 Å². The van der Waals surface area contributed by atoms with Gasteiger partial charge in [-0.25, -0.2) is 4.79 Å². The molecule has 14 heteroatoms. The van der Waals surface area contributed by atoms with Crippen LogP contribution in [0.25, 0.3) is 0 Å². The minimum atomic E-state index is -1.51. The monoisotopic (exact) mass is 461 g/mol. The highest BCUT2D eigenvalue weighted by atomic mass is 16.4. The summed E-state index contributed by atoms with van der Waals surface area (Å²) < 4.78 is 0. The molecule has 0 aliphatic carbocycles. The van der Waals surface area contributed by atoms with Crippen molar-refractivity contribution in [2.45, 2.75) is 63.7 Å². The van der Waals surface area contributed by atoms with Crippen molar-refractivity contribution < 1.29 is 44.1 Å². The summed E-state index contributed by atoms with van der Waals surface area (Å²) in [6.07, 6.45) is -1.28. The lowest BCUT2D eigenvalue weighted by molar-refractivity contribution is -0.143. The Kier molecular flexibility index (Phi) is 12.5. The van der Waals surface area contributed by atoms with E-state index in [4.69, 9.17) is 16.6 Å². The highest BCUT2D eigenvalue weighted by Crippen LogP contribution is 2.07. The predicted molar refractivity (Wildman–Crippen MR) is 109 cm³/mol. The summed E-state index contributed by atoms with van der Waals surface area (Å²) in [6, 6.07) is -5.59. The smallest absolute Gasteiger partial charge is 0.326 e. The van der Waals surface area contributed by atoms with E-state index in [1.807, 2.05) is 0 Å². The van der Waals surface area contributed by atoms with Crippen molar-refractivity contribution in [1.29, 1.82) is 0 Å². The van der Waals surface area contributed by atoms with E-state index in [1.54, 1.807) is 13.8 Å². The van der Waals surface area contributed by atoms with E-state index < -0.39 is 79.2 Å². The SMILES string of the molecule is CC(C)CC(NC(=O)C(CO)NC(=O)C(N)CC(N)=O)C(=O)NC(CCC(=O)O)C(=O)O. The van der Waals surface area contributed by atoms with Crippen molar-refractivity contribution in [3.05, 3.63) is 0 Å². The fourth-order valence-corrected chi connectivity index (χ4v) is 2.56. The molecule has 0 radical (unpaired) electrons. The van der Waals surface area contributed by atoms with Crippen LogP contribution in [-0.2, 0) is 28.8 Å². The van der Waals surface area contributed by atoms with Crippen molar-refractivity contribution in [2.24, 2.45) is 17.4 Å². The molecule has 0 spiro atoms. The average Bonchev–Trinajstić information content (AvgIpc) is 2.66. The number of rotatable bonds is 15. The van der Waals surface area contributed by atoms with Gasteiger partial charge in [-0.3, -0.25) is 24.0 Å². The molecule has 0 rings (SSSR count). The Morgan fingerprint density at radius 2 is 1.34 bits per heavy atom. The first-order valence-corrected chi connectivity index (χ1v) is 9.78. The highest BCUT2D eigenvalue weighted by molar-refractivity contribution is 5.95. The van der Waals surface area contributed by atoms with Crippen molar-refractivity contribution >= 4 is 35.6 Å². The summed E-state index contributed by atoms with van der Waals surface area (Å²) in [5.74, 6) is -6.42. The molecule has 0 heterocycles. The van der Waals surface area contributed by atoms with E-state index in [9.17, 15) is 39.0 Å². The lowest BCUT2D eigenvalue weighted by atomic mass is 10.0. The summed E-state index contributed by atoms with van der Waals surface area (Å²) in [6.45, 7) is 2.62. The molecule has 32 heavy (non-hydrogen) atoms. The number of aliphatic hydroxyl groups excluding tert-OH is 1. The molecule has 0 aliphatic rings. The van der Waals surface area contributed by atoms with Crippen molar-refractivity contribution in [3.8, 4) is 0 Å². The quantitative estimate of drug-likeness (QED) is 0.120. The number of carbonyl (C=O) groups is 6. The summed E-state index contributed by atoms with van der Waals surface area (Å²) in [4.78, 5) is 69.9. The number of nitrogens with one attached hydrogen (secondary N) is 3. The van der Waals surface area contributed by atoms with Gasteiger partial charge in [-0.2, -0.15) is 0 Å². The van der Waals surface area contributed by atoms with Crippen molar-refractivity contribution in [3.63, 3.8) is 0 Å². The van der Waals surface area contributed by atoms with Crippen LogP contribution < -0.4 is 27.4 Å². The van der Waals surface area contributed by atoms with Gasteiger partial charge in [0, 0.05) is 6.42 Å². The molecule has 4 amide bonds. The predicted octanol–water partition coefficient (Wildman–Crippen LogP) is -3.37. The average molecular weight is 461 g/mol. The van der Waals surface area contributed by atoms with Crippen LogP contribution in [0.2, 0.25) is 0 Å². The number of amides is 4. The maximum absolute atomic E-state index is 12.6. The Morgan fingerprint density at radius 3 is 1.78 bits per heavy atom. The van der Waals surface area contributed by atoms with E-state index in [2.05, 4.69) is 16.0 Å². The second-order valence-corrected chi connectivity index (χ2v) is 7.54. The molecule has 0 aromatic rings. The first kappa shape index (κ1) is 28.7. The van der Waals surface area contributed by atoms with Gasteiger partial charge in [-0.1, -0.05) is 13.8 Å². The zero-order valence-electron chi connectivity index (χ0n) is 17.9. The second kappa shape index (κ2) is 13.9. The van der Waals surface area contributed by atoms with Crippen LogP contribution in [0.15, 0.2) is 0 Å². The molecule has 0 aromatic carbocycles. The molecule has 10 N–H and O–H groups in total. The molecule has 14 nitrogen and oxygen atoms in total. The van der Waals surface area contributed by atoms with Gasteiger partial charge in [0.05, 0.1) is 19.1 Å². The van der Waals surface area contributed by atoms with Gasteiger partial charge < -0.3 is 42.7 Å². The summed E-state index contributed by atoms with van der Waals surface area (Å²) in [7, 11) is 0. The van der Waals surface area contributed by atoms with Crippen LogP contribution in [0.1, 0.15) is 39.5 Å².